The molecule has 140 valence electrons. The van der Waals surface area contributed by atoms with Crippen molar-refractivity contribution in [2.75, 3.05) is 25.5 Å². The fourth-order valence-electron chi connectivity index (χ4n) is 2.49. The quantitative estimate of drug-likeness (QED) is 0.764. The molecule has 0 aliphatic heterocycles. The summed E-state index contributed by atoms with van der Waals surface area (Å²) in [6.45, 7) is 4.35. The van der Waals surface area contributed by atoms with Gasteiger partial charge in [0.25, 0.3) is 0 Å². The van der Waals surface area contributed by atoms with E-state index in [9.17, 15) is 14.4 Å². The highest BCUT2D eigenvalue weighted by atomic mass is 32.1. The Bertz CT molecular complexity index is 828. The van der Waals surface area contributed by atoms with Crippen LogP contribution in [0.5, 0.6) is 5.75 Å². The first-order valence-corrected chi connectivity index (χ1v) is 9.19. The van der Waals surface area contributed by atoms with Crippen LogP contribution in [0, 0.1) is 6.92 Å². The molecule has 1 N–H and O–H groups in total. The zero-order chi connectivity index (χ0) is 19.1. The number of aromatic nitrogens is 1. The number of hydrogen-bond acceptors (Lipinski definition) is 5. The van der Waals surface area contributed by atoms with E-state index in [1.807, 2.05) is 13.8 Å². The van der Waals surface area contributed by atoms with Crippen LogP contribution >= 0.6 is 11.3 Å². The molecule has 26 heavy (non-hydrogen) atoms. The van der Waals surface area contributed by atoms with E-state index in [0.29, 0.717) is 24.5 Å². The van der Waals surface area contributed by atoms with Crippen molar-refractivity contribution in [1.29, 1.82) is 0 Å². The van der Waals surface area contributed by atoms with Crippen molar-refractivity contribution in [2.45, 2.75) is 26.8 Å². The van der Waals surface area contributed by atoms with E-state index in [0.717, 1.165) is 17.0 Å². The number of hydrogen-bond donors (Lipinski definition) is 1. The summed E-state index contributed by atoms with van der Waals surface area (Å²) in [6.07, 6.45) is 0.178. The molecule has 0 aliphatic carbocycles. The van der Waals surface area contributed by atoms with E-state index in [1.54, 1.807) is 41.3 Å². The van der Waals surface area contributed by atoms with Gasteiger partial charge in [-0.2, -0.15) is 0 Å². The molecule has 0 atom stereocenters. The van der Waals surface area contributed by atoms with E-state index in [1.165, 1.54) is 4.90 Å². The van der Waals surface area contributed by atoms with Crippen LogP contribution in [0.15, 0.2) is 34.4 Å². The number of thiazole rings is 1. The number of anilines is 1. The van der Waals surface area contributed by atoms with Gasteiger partial charge in [-0.15, -0.1) is 0 Å². The predicted octanol–water partition coefficient (Wildman–Crippen LogP) is 2.10. The van der Waals surface area contributed by atoms with E-state index in [2.05, 4.69) is 5.32 Å². The molecule has 0 radical (unpaired) electrons. The molecule has 2 amide bonds. The lowest BCUT2D eigenvalue weighted by Crippen LogP contribution is -2.38. The third kappa shape index (κ3) is 5.19. The number of methoxy groups -OCH3 is 1. The maximum atomic E-state index is 12.4. The van der Waals surface area contributed by atoms with Crippen LogP contribution in [0.3, 0.4) is 0 Å². The van der Waals surface area contributed by atoms with E-state index in [-0.39, 0.29) is 29.7 Å². The van der Waals surface area contributed by atoms with Gasteiger partial charge in [0.05, 0.1) is 13.7 Å². The highest BCUT2D eigenvalue weighted by Crippen LogP contribution is 2.16. The average molecular weight is 377 g/mol. The Hall–Kier alpha value is -2.61. The Balaban J connectivity index is 1.91. The molecule has 2 rings (SSSR count). The first kappa shape index (κ1) is 19.7. The van der Waals surface area contributed by atoms with Crippen LogP contribution < -0.4 is 14.9 Å². The third-order valence-electron chi connectivity index (χ3n) is 3.95. The van der Waals surface area contributed by atoms with Crippen molar-refractivity contribution in [2.24, 2.45) is 0 Å². The molecule has 7 nitrogen and oxygen atoms in total. The zero-order valence-electron chi connectivity index (χ0n) is 15.2. The molecule has 1 heterocycles. The number of nitrogens with one attached hydrogen (secondary N) is 1. The van der Waals surface area contributed by atoms with Gasteiger partial charge < -0.3 is 19.5 Å². The van der Waals surface area contributed by atoms with Gasteiger partial charge in [-0.1, -0.05) is 17.4 Å². The number of likely N-dealkylation sites (N-methyl/N-ethyl adjacent to an activating group) is 1. The summed E-state index contributed by atoms with van der Waals surface area (Å²) in [7, 11) is 1.55. The summed E-state index contributed by atoms with van der Waals surface area (Å²) in [6, 6.07) is 7.02. The normalized spacial score (nSPS) is 10.4. The monoisotopic (exact) mass is 377 g/mol. The van der Waals surface area contributed by atoms with Crippen LogP contribution in [0.4, 0.5) is 5.69 Å². The van der Waals surface area contributed by atoms with Crippen molar-refractivity contribution in [3.05, 3.63) is 45.0 Å². The van der Waals surface area contributed by atoms with Crippen molar-refractivity contribution < 1.29 is 14.3 Å². The first-order valence-electron chi connectivity index (χ1n) is 8.31. The van der Waals surface area contributed by atoms with E-state index < -0.39 is 0 Å². The van der Waals surface area contributed by atoms with Gasteiger partial charge in [0.1, 0.15) is 5.75 Å². The number of benzene rings is 1. The van der Waals surface area contributed by atoms with Crippen molar-refractivity contribution in [3.8, 4) is 5.75 Å². The number of carbonyl (C=O) groups excluding carboxylic acids is 2. The van der Waals surface area contributed by atoms with Gasteiger partial charge in [-0.25, -0.2) is 0 Å². The first-order chi connectivity index (χ1) is 12.4. The molecule has 0 aliphatic rings. The van der Waals surface area contributed by atoms with Crippen LogP contribution in [-0.4, -0.2) is 41.5 Å². The SMILES string of the molecule is CCN(CC(=O)Nc1cccc(OC)c1)C(=O)CCn1c(C)csc1=O. The molecule has 0 spiro atoms. The molecule has 0 unspecified atom stereocenters. The van der Waals surface area contributed by atoms with Crippen LogP contribution in [-0.2, 0) is 16.1 Å². The predicted molar refractivity (Wildman–Crippen MR) is 102 cm³/mol. The second kappa shape index (κ2) is 9.19. The lowest BCUT2D eigenvalue weighted by atomic mass is 10.3. The molecule has 0 fully saturated rings. The highest BCUT2D eigenvalue weighted by Gasteiger charge is 2.16. The van der Waals surface area contributed by atoms with Crippen molar-refractivity contribution in [3.63, 3.8) is 0 Å². The summed E-state index contributed by atoms with van der Waals surface area (Å²) in [5.74, 6) is 0.200. The standard InChI is InChI=1S/C18H23N3O4S/c1-4-20(17(23)8-9-21-13(2)12-26-18(21)24)11-16(22)19-14-6-5-7-15(10-14)25-3/h5-7,10,12H,4,8-9,11H2,1-3H3,(H,19,22). The number of nitrogens with zero attached hydrogens (tertiary/aromatic N) is 2. The molecular weight excluding hydrogens is 354 g/mol. The number of amides is 2. The van der Waals surface area contributed by atoms with Crippen LogP contribution in [0.2, 0.25) is 0 Å². The fourth-order valence-corrected chi connectivity index (χ4v) is 3.25. The number of ether oxygens (including phenoxy) is 1. The molecule has 1 aromatic carbocycles. The van der Waals surface area contributed by atoms with Crippen LogP contribution in [0.1, 0.15) is 19.0 Å². The Kier molecular flexibility index (Phi) is 6.97. The maximum Gasteiger partial charge on any atom is 0.307 e. The minimum Gasteiger partial charge on any atom is -0.497 e. The van der Waals surface area contributed by atoms with Gasteiger partial charge in [0.15, 0.2) is 0 Å². The summed E-state index contributed by atoms with van der Waals surface area (Å²) in [5, 5.41) is 4.53. The number of rotatable bonds is 8. The number of aryl methyl sites for hydroxylation is 1. The minimum atomic E-state index is -0.280. The largest absolute Gasteiger partial charge is 0.497 e. The Morgan fingerprint density at radius 3 is 2.73 bits per heavy atom. The van der Waals surface area contributed by atoms with E-state index >= 15 is 0 Å². The summed E-state index contributed by atoms with van der Waals surface area (Å²) in [4.78, 5) is 37.7. The second-order valence-electron chi connectivity index (χ2n) is 5.73. The molecule has 2 aromatic rings. The van der Waals surface area contributed by atoms with Gasteiger partial charge >= 0.3 is 4.87 Å². The van der Waals surface area contributed by atoms with Gasteiger partial charge in [0, 0.05) is 42.3 Å². The highest BCUT2D eigenvalue weighted by molar-refractivity contribution is 7.07. The Labute approximate surface area is 156 Å². The molecular formula is C18H23N3O4S. The van der Waals surface area contributed by atoms with Crippen molar-refractivity contribution in [1.82, 2.24) is 9.47 Å². The second-order valence-corrected chi connectivity index (χ2v) is 6.55. The number of carbonyl (C=O) groups is 2. The van der Waals surface area contributed by atoms with Gasteiger partial charge in [-0.3, -0.25) is 14.4 Å². The van der Waals surface area contributed by atoms with Gasteiger partial charge in [-0.05, 0) is 26.0 Å². The summed E-state index contributed by atoms with van der Waals surface area (Å²) >= 11 is 1.12. The summed E-state index contributed by atoms with van der Waals surface area (Å²) < 4.78 is 6.70. The molecule has 1 aromatic heterocycles. The molecule has 0 saturated carbocycles. The maximum absolute atomic E-state index is 12.4. The molecule has 0 bridgehead atoms. The summed E-state index contributed by atoms with van der Waals surface area (Å²) in [5.41, 5.74) is 1.45. The molecule has 8 heteroatoms. The topological polar surface area (TPSA) is 80.6 Å². The zero-order valence-corrected chi connectivity index (χ0v) is 16.0. The lowest BCUT2D eigenvalue weighted by Gasteiger charge is -2.20. The third-order valence-corrected chi connectivity index (χ3v) is 4.83. The van der Waals surface area contributed by atoms with Gasteiger partial charge in [0.2, 0.25) is 11.8 Å². The Morgan fingerprint density at radius 1 is 1.35 bits per heavy atom. The van der Waals surface area contributed by atoms with Crippen LogP contribution in [0.25, 0.3) is 0 Å². The smallest absolute Gasteiger partial charge is 0.307 e. The molecule has 0 saturated heterocycles. The lowest BCUT2D eigenvalue weighted by molar-refractivity contribution is -0.134. The Morgan fingerprint density at radius 2 is 2.12 bits per heavy atom. The average Bonchev–Trinajstić information content (AvgIpc) is 2.95. The fraction of sp³-hybridized carbons (Fsp3) is 0.389. The minimum absolute atomic E-state index is 0.0376. The van der Waals surface area contributed by atoms with E-state index in [4.69, 9.17) is 4.74 Å². The van der Waals surface area contributed by atoms with Crippen molar-refractivity contribution >= 4 is 28.8 Å².